The lowest BCUT2D eigenvalue weighted by Gasteiger charge is -2.21. The molecule has 96 valence electrons. The molecule has 0 spiro atoms. The van der Waals surface area contributed by atoms with Crippen LogP contribution < -0.4 is 5.32 Å². The fraction of sp³-hybridized carbons (Fsp3) is 0.467. The zero-order valence-corrected chi connectivity index (χ0v) is 11.2. The van der Waals surface area contributed by atoms with Crippen molar-refractivity contribution in [2.45, 2.75) is 19.4 Å². The topological polar surface area (TPSA) is 31.1 Å². The Labute approximate surface area is 108 Å². The molecule has 1 saturated heterocycles. The summed E-state index contributed by atoms with van der Waals surface area (Å²) >= 11 is 0. The highest BCUT2D eigenvalue weighted by Crippen LogP contribution is 2.28. The number of para-hydroxylation sites is 1. The largest absolute Gasteiger partial charge is 0.358 e. The lowest BCUT2D eigenvalue weighted by molar-refractivity contribution is 0.327. The van der Waals surface area contributed by atoms with Crippen molar-refractivity contribution in [3.63, 3.8) is 0 Å². The third-order valence-electron chi connectivity index (χ3n) is 3.89. The number of hydrogen-bond acceptors (Lipinski definition) is 2. The maximum Gasteiger partial charge on any atom is 0.0473 e. The van der Waals surface area contributed by atoms with Crippen molar-refractivity contribution in [1.82, 2.24) is 15.2 Å². The van der Waals surface area contributed by atoms with E-state index >= 15 is 0 Å². The number of aromatic nitrogens is 1. The molecule has 0 saturated carbocycles. The number of rotatable bonds is 1. The Morgan fingerprint density at radius 3 is 3.00 bits per heavy atom. The van der Waals surface area contributed by atoms with E-state index in [-0.39, 0.29) is 0 Å². The molecule has 1 aliphatic heterocycles. The quantitative estimate of drug-likeness (QED) is 0.806. The van der Waals surface area contributed by atoms with Crippen molar-refractivity contribution in [1.29, 1.82) is 0 Å². The van der Waals surface area contributed by atoms with Gasteiger partial charge in [-0.1, -0.05) is 18.2 Å². The van der Waals surface area contributed by atoms with Crippen LogP contribution in [0, 0.1) is 6.92 Å². The van der Waals surface area contributed by atoms with Gasteiger partial charge in [-0.05, 0) is 45.1 Å². The van der Waals surface area contributed by atoms with Gasteiger partial charge in [0.15, 0.2) is 0 Å². The fourth-order valence-electron chi connectivity index (χ4n) is 3.03. The Morgan fingerprint density at radius 1 is 1.28 bits per heavy atom. The summed E-state index contributed by atoms with van der Waals surface area (Å²) < 4.78 is 0. The van der Waals surface area contributed by atoms with Gasteiger partial charge in [0.2, 0.25) is 0 Å². The normalized spacial score (nSPS) is 22.2. The van der Waals surface area contributed by atoms with Gasteiger partial charge in [0.25, 0.3) is 0 Å². The Hall–Kier alpha value is -1.32. The highest BCUT2D eigenvalue weighted by molar-refractivity contribution is 5.85. The predicted octanol–water partition coefficient (Wildman–Crippen LogP) is 2.44. The molecule has 1 aliphatic rings. The maximum absolute atomic E-state index is 3.69. The highest BCUT2D eigenvalue weighted by atomic mass is 15.1. The molecule has 1 unspecified atom stereocenters. The van der Waals surface area contributed by atoms with Crippen molar-refractivity contribution in [3.8, 4) is 0 Å². The average molecular weight is 243 g/mol. The van der Waals surface area contributed by atoms with E-state index in [9.17, 15) is 0 Å². The van der Waals surface area contributed by atoms with Gasteiger partial charge in [0.05, 0.1) is 0 Å². The molecule has 1 fully saturated rings. The van der Waals surface area contributed by atoms with Crippen LogP contribution in [0.15, 0.2) is 24.3 Å². The highest BCUT2D eigenvalue weighted by Gasteiger charge is 2.21. The minimum atomic E-state index is 0.439. The summed E-state index contributed by atoms with van der Waals surface area (Å²) in [5.41, 5.74) is 3.99. The smallest absolute Gasteiger partial charge is 0.0473 e. The van der Waals surface area contributed by atoms with E-state index in [0.717, 1.165) is 13.1 Å². The molecule has 3 rings (SSSR count). The summed E-state index contributed by atoms with van der Waals surface area (Å²) in [4.78, 5) is 5.92. The van der Waals surface area contributed by atoms with E-state index in [1.165, 1.54) is 35.1 Å². The van der Waals surface area contributed by atoms with Gasteiger partial charge in [-0.3, -0.25) is 0 Å². The van der Waals surface area contributed by atoms with E-state index < -0.39 is 0 Å². The van der Waals surface area contributed by atoms with Crippen LogP contribution in [0.1, 0.15) is 23.7 Å². The van der Waals surface area contributed by atoms with Crippen LogP contribution in [0.25, 0.3) is 10.9 Å². The second-order valence-corrected chi connectivity index (χ2v) is 5.33. The van der Waals surface area contributed by atoms with Crippen molar-refractivity contribution in [3.05, 3.63) is 35.5 Å². The van der Waals surface area contributed by atoms with Gasteiger partial charge >= 0.3 is 0 Å². The Kier molecular flexibility index (Phi) is 3.10. The summed E-state index contributed by atoms with van der Waals surface area (Å²) in [6.07, 6.45) is 1.23. The van der Waals surface area contributed by atoms with E-state index in [0.29, 0.717) is 6.04 Å². The first kappa shape index (κ1) is 11.8. The molecule has 2 aromatic rings. The molecule has 0 amide bonds. The van der Waals surface area contributed by atoms with Crippen LogP contribution in [0.3, 0.4) is 0 Å². The van der Waals surface area contributed by atoms with Gasteiger partial charge in [0.1, 0.15) is 0 Å². The summed E-state index contributed by atoms with van der Waals surface area (Å²) in [6.45, 7) is 5.56. The molecule has 2 N–H and O–H groups in total. The first-order chi connectivity index (χ1) is 8.75. The monoisotopic (exact) mass is 243 g/mol. The Bertz CT molecular complexity index is 544. The number of aromatic amines is 1. The molecule has 0 bridgehead atoms. The third-order valence-corrected chi connectivity index (χ3v) is 3.89. The van der Waals surface area contributed by atoms with E-state index in [2.05, 4.69) is 53.4 Å². The summed E-state index contributed by atoms with van der Waals surface area (Å²) in [5.74, 6) is 0. The SMILES string of the molecule is Cc1[nH]c2ccccc2c1C1CN(C)CCCN1. The van der Waals surface area contributed by atoms with Crippen LogP contribution in [0.2, 0.25) is 0 Å². The van der Waals surface area contributed by atoms with Gasteiger partial charge in [-0.15, -0.1) is 0 Å². The first-order valence-corrected chi connectivity index (χ1v) is 6.75. The van der Waals surface area contributed by atoms with Crippen LogP contribution in [0.4, 0.5) is 0 Å². The first-order valence-electron chi connectivity index (χ1n) is 6.75. The number of nitrogens with zero attached hydrogens (tertiary/aromatic N) is 1. The Balaban J connectivity index is 2.04. The fourth-order valence-corrected chi connectivity index (χ4v) is 3.03. The zero-order valence-electron chi connectivity index (χ0n) is 11.2. The van der Waals surface area contributed by atoms with Crippen molar-refractivity contribution in [2.75, 3.05) is 26.7 Å². The van der Waals surface area contributed by atoms with Crippen LogP contribution in [-0.2, 0) is 0 Å². The number of hydrogen-bond donors (Lipinski definition) is 2. The van der Waals surface area contributed by atoms with Crippen LogP contribution in [-0.4, -0.2) is 36.6 Å². The van der Waals surface area contributed by atoms with E-state index in [1.54, 1.807) is 0 Å². The molecular weight excluding hydrogens is 222 g/mol. The Morgan fingerprint density at radius 2 is 2.11 bits per heavy atom. The standard InChI is InChI=1S/C15H21N3/c1-11-15(12-6-3-4-7-13(12)17-11)14-10-18(2)9-5-8-16-14/h3-4,6-7,14,16-17H,5,8-10H2,1-2H3. The zero-order chi connectivity index (χ0) is 12.5. The summed E-state index contributed by atoms with van der Waals surface area (Å²) in [7, 11) is 2.21. The average Bonchev–Trinajstić information content (AvgIpc) is 2.53. The van der Waals surface area contributed by atoms with Gasteiger partial charge in [-0.25, -0.2) is 0 Å². The second kappa shape index (κ2) is 4.75. The number of H-pyrrole nitrogens is 1. The lowest BCUT2D eigenvalue weighted by atomic mass is 10.0. The van der Waals surface area contributed by atoms with Crippen LogP contribution in [0.5, 0.6) is 0 Å². The predicted molar refractivity (Wildman–Crippen MR) is 75.9 cm³/mol. The molecule has 0 radical (unpaired) electrons. The molecule has 3 nitrogen and oxygen atoms in total. The van der Waals surface area contributed by atoms with Crippen LogP contribution >= 0.6 is 0 Å². The molecule has 0 aliphatic carbocycles. The molecule has 2 heterocycles. The third kappa shape index (κ3) is 2.04. The molecule has 1 aromatic carbocycles. The molecule has 1 aromatic heterocycles. The van der Waals surface area contributed by atoms with Gasteiger partial charge < -0.3 is 15.2 Å². The van der Waals surface area contributed by atoms with E-state index in [4.69, 9.17) is 0 Å². The summed E-state index contributed by atoms with van der Waals surface area (Å²) in [5, 5.41) is 5.05. The van der Waals surface area contributed by atoms with Crippen molar-refractivity contribution < 1.29 is 0 Å². The molecular formula is C15H21N3. The molecule has 1 atom stereocenters. The number of nitrogens with one attached hydrogen (secondary N) is 2. The number of aryl methyl sites for hydroxylation is 1. The summed E-state index contributed by atoms with van der Waals surface area (Å²) in [6, 6.07) is 9.04. The minimum Gasteiger partial charge on any atom is -0.358 e. The number of benzene rings is 1. The maximum atomic E-state index is 3.69. The molecule has 18 heavy (non-hydrogen) atoms. The lowest BCUT2D eigenvalue weighted by Crippen LogP contribution is -2.29. The number of fused-ring (bicyclic) bond motifs is 1. The van der Waals surface area contributed by atoms with Crippen molar-refractivity contribution >= 4 is 10.9 Å². The van der Waals surface area contributed by atoms with Crippen molar-refractivity contribution in [2.24, 2.45) is 0 Å². The second-order valence-electron chi connectivity index (χ2n) is 5.33. The van der Waals surface area contributed by atoms with E-state index in [1.807, 2.05) is 0 Å². The minimum absolute atomic E-state index is 0.439. The molecule has 3 heteroatoms. The number of likely N-dealkylation sites (N-methyl/N-ethyl adjacent to an activating group) is 1. The van der Waals surface area contributed by atoms with Gasteiger partial charge in [-0.2, -0.15) is 0 Å². The van der Waals surface area contributed by atoms with Gasteiger partial charge in [0, 0.05) is 29.2 Å².